The molecule has 1 amide bonds. The van der Waals surface area contributed by atoms with Gasteiger partial charge in [0.15, 0.2) is 0 Å². The van der Waals surface area contributed by atoms with E-state index in [4.69, 9.17) is 4.74 Å². The molecule has 0 aliphatic carbocycles. The van der Waals surface area contributed by atoms with E-state index in [1.807, 2.05) is 17.0 Å². The quantitative estimate of drug-likeness (QED) is 0.730. The fourth-order valence-corrected chi connectivity index (χ4v) is 4.56. The number of nitrogens with zero attached hydrogens (tertiary/aromatic N) is 1. The van der Waals surface area contributed by atoms with Crippen LogP contribution in [-0.4, -0.2) is 28.0 Å². The van der Waals surface area contributed by atoms with E-state index in [0.29, 0.717) is 36.4 Å². The van der Waals surface area contributed by atoms with E-state index in [9.17, 15) is 13.2 Å². The molecule has 0 saturated carbocycles. The van der Waals surface area contributed by atoms with Gasteiger partial charge in [-0.25, -0.2) is 8.42 Å². The number of anilines is 2. The number of rotatable bonds is 8. The largest absolute Gasteiger partial charge is 0.497 e. The Hall–Kier alpha value is -2.54. The molecule has 2 aromatic carbocycles. The summed E-state index contributed by atoms with van der Waals surface area (Å²) in [5.74, 6) is 0.619. The fraction of sp³-hybridized carbons (Fsp3) is 0.381. The number of fused-ring (bicyclic) bond motifs is 1. The topological polar surface area (TPSA) is 75.7 Å². The number of hydrogen-bond acceptors (Lipinski definition) is 4. The molecule has 0 radical (unpaired) electrons. The highest BCUT2D eigenvalue weighted by Gasteiger charge is 2.24. The first-order chi connectivity index (χ1) is 13.4. The number of hydrogen-bond donors (Lipinski definition) is 1. The van der Waals surface area contributed by atoms with Gasteiger partial charge in [-0.2, -0.15) is 0 Å². The predicted molar refractivity (Wildman–Crippen MR) is 111 cm³/mol. The molecule has 0 bridgehead atoms. The molecule has 1 heterocycles. The Bertz CT molecular complexity index is 957. The Morgan fingerprint density at radius 3 is 2.71 bits per heavy atom. The van der Waals surface area contributed by atoms with Gasteiger partial charge in [0.1, 0.15) is 5.75 Å². The number of benzene rings is 2. The van der Waals surface area contributed by atoms with E-state index in [0.717, 1.165) is 24.1 Å². The van der Waals surface area contributed by atoms with Crippen LogP contribution in [0.15, 0.2) is 42.5 Å². The summed E-state index contributed by atoms with van der Waals surface area (Å²) in [7, 11) is -2.01. The average molecular weight is 403 g/mol. The third-order valence-electron chi connectivity index (χ3n) is 4.78. The molecule has 0 unspecified atom stereocenters. The van der Waals surface area contributed by atoms with Crippen molar-refractivity contribution in [3.63, 3.8) is 0 Å². The van der Waals surface area contributed by atoms with Crippen LogP contribution in [-0.2, 0) is 27.0 Å². The van der Waals surface area contributed by atoms with Gasteiger partial charge in [0.2, 0.25) is 15.9 Å². The van der Waals surface area contributed by atoms with Gasteiger partial charge in [-0.3, -0.25) is 9.52 Å². The number of nitrogens with one attached hydrogen (secondary N) is 1. The Balaban J connectivity index is 1.76. The van der Waals surface area contributed by atoms with Crippen molar-refractivity contribution < 1.29 is 17.9 Å². The van der Waals surface area contributed by atoms with Crippen molar-refractivity contribution in [2.24, 2.45) is 0 Å². The summed E-state index contributed by atoms with van der Waals surface area (Å²) in [4.78, 5) is 14.1. The highest BCUT2D eigenvalue weighted by Crippen LogP contribution is 2.31. The van der Waals surface area contributed by atoms with Crippen LogP contribution in [0.4, 0.5) is 11.4 Å². The predicted octanol–water partition coefficient (Wildman–Crippen LogP) is 3.72. The van der Waals surface area contributed by atoms with Crippen molar-refractivity contribution >= 4 is 27.3 Å². The molecule has 1 aliphatic rings. The van der Waals surface area contributed by atoms with Crippen LogP contribution in [0.3, 0.4) is 0 Å². The summed E-state index contributed by atoms with van der Waals surface area (Å²) in [5.41, 5.74) is 3.06. The van der Waals surface area contributed by atoms with Crippen molar-refractivity contribution in [3.8, 4) is 5.75 Å². The molecule has 7 heteroatoms. The van der Waals surface area contributed by atoms with Crippen molar-refractivity contribution in [2.45, 2.75) is 38.4 Å². The van der Waals surface area contributed by atoms with Crippen LogP contribution in [0.25, 0.3) is 0 Å². The maximum Gasteiger partial charge on any atom is 0.236 e. The smallest absolute Gasteiger partial charge is 0.236 e. The van der Waals surface area contributed by atoms with Crippen molar-refractivity contribution in [1.29, 1.82) is 0 Å². The summed E-state index contributed by atoms with van der Waals surface area (Å²) >= 11 is 0. The molecule has 0 atom stereocenters. The number of unbranched alkanes of at least 4 members (excludes halogenated alkanes) is 1. The molecule has 0 fully saturated rings. The lowest BCUT2D eigenvalue weighted by molar-refractivity contribution is -0.118. The average Bonchev–Trinajstić information content (AvgIpc) is 2.66. The van der Waals surface area contributed by atoms with Gasteiger partial charge in [-0.05, 0) is 54.3 Å². The van der Waals surface area contributed by atoms with Gasteiger partial charge >= 0.3 is 0 Å². The van der Waals surface area contributed by atoms with E-state index in [-0.39, 0.29) is 11.7 Å². The Labute approximate surface area is 166 Å². The number of carbonyl (C=O) groups excluding carboxylic acids is 1. The first-order valence-corrected chi connectivity index (χ1v) is 11.1. The van der Waals surface area contributed by atoms with Gasteiger partial charge in [-0.1, -0.05) is 25.5 Å². The number of aryl methyl sites for hydroxylation is 1. The molecule has 6 nitrogen and oxygen atoms in total. The van der Waals surface area contributed by atoms with E-state index in [1.54, 1.807) is 37.4 Å². The summed E-state index contributed by atoms with van der Waals surface area (Å²) in [6, 6.07) is 12.4. The number of methoxy groups -OCH3 is 1. The van der Waals surface area contributed by atoms with Crippen molar-refractivity contribution in [1.82, 2.24) is 0 Å². The number of ether oxygens (including phenoxy) is 1. The lowest BCUT2D eigenvalue weighted by atomic mass is 10.00. The van der Waals surface area contributed by atoms with Crippen LogP contribution >= 0.6 is 0 Å². The number of amides is 1. The molecular weight excluding hydrogens is 376 g/mol. The summed E-state index contributed by atoms with van der Waals surface area (Å²) in [5, 5.41) is 0. The number of sulfonamides is 1. The minimum absolute atomic E-state index is 0.132. The third kappa shape index (κ3) is 4.84. The van der Waals surface area contributed by atoms with E-state index in [2.05, 4.69) is 11.6 Å². The van der Waals surface area contributed by atoms with Crippen LogP contribution in [0, 0.1) is 0 Å². The highest BCUT2D eigenvalue weighted by molar-refractivity contribution is 7.91. The van der Waals surface area contributed by atoms with Gasteiger partial charge in [0.25, 0.3) is 0 Å². The Morgan fingerprint density at radius 2 is 1.96 bits per heavy atom. The molecule has 150 valence electrons. The normalized spacial score (nSPS) is 13.9. The maximum atomic E-state index is 12.6. The van der Waals surface area contributed by atoms with Crippen LogP contribution in [0.2, 0.25) is 0 Å². The standard InChI is InChI=1S/C21H26N2O4S/c1-3-4-12-23-20-10-9-18(14-17(20)8-11-21(23)24)22-28(25,26)15-16-6-5-7-19(13-16)27-2/h5-7,9-10,13-14,22H,3-4,8,11-12,15H2,1-2H3. The van der Waals surface area contributed by atoms with Crippen molar-refractivity contribution in [3.05, 3.63) is 53.6 Å². The lowest BCUT2D eigenvalue weighted by Gasteiger charge is -2.29. The van der Waals surface area contributed by atoms with E-state index in [1.165, 1.54) is 0 Å². The summed E-state index contributed by atoms with van der Waals surface area (Å²) in [6.45, 7) is 2.79. The summed E-state index contributed by atoms with van der Waals surface area (Å²) < 4.78 is 33.0. The lowest BCUT2D eigenvalue weighted by Crippen LogP contribution is -2.35. The number of carbonyl (C=O) groups is 1. The van der Waals surface area contributed by atoms with Gasteiger partial charge in [0.05, 0.1) is 12.9 Å². The van der Waals surface area contributed by atoms with E-state index >= 15 is 0 Å². The fourth-order valence-electron chi connectivity index (χ4n) is 3.38. The SMILES string of the molecule is CCCCN1C(=O)CCc2cc(NS(=O)(=O)Cc3cccc(OC)c3)ccc21. The zero-order valence-corrected chi connectivity index (χ0v) is 17.1. The van der Waals surface area contributed by atoms with Crippen LogP contribution in [0.5, 0.6) is 5.75 Å². The van der Waals surface area contributed by atoms with Crippen molar-refractivity contribution in [2.75, 3.05) is 23.3 Å². The van der Waals surface area contributed by atoms with E-state index < -0.39 is 10.0 Å². The second kappa shape index (κ2) is 8.65. The second-order valence-electron chi connectivity index (χ2n) is 6.96. The zero-order valence-electron chi connectivity index (χ0n) is 16.3. The zero-order chi connectivity index (χ0) is 20.1. The maximum absolute atomic E-state index is 12.6. The monoisotopic (exact) mass is 402 g/mol. The second-order valence-corrected chi connectivity index (χ2v) is 8.68. The Morgan fingerprint density at radius 1 is 1.14 bits per heavy atom. The summed E-state index contributed by atoms with van der Waals surface area (Å²) in [6.07, 6.45) is 3.04. The van der Waals surface area contributed by atoms with Gasteiger partial charge < -0.3 is 9.64 Å². The molecule has 1 N–H and O–H groups in total. The molecule has 0 aromatic heterocycles. The third-order valence-corrected chi connectivity index (χ3v) is 6.04. The minimum atomic E-state index is -3.56. The Kier molecular flexibility index (Phi) is 6.24. The first-order valence-electron chi connectivity index (χ1n) is 9.48. The molecule has 28 heavy (non-hydrogen) atoms. The molecule has 0 saturated heterocycles. The molecule has 2 aromatic rings. The van der Waals surface area contributed by atoms with Crippen LogP contribution in [0.1, 0.15) is 37.3 Å². The molecular formula is C21H26N2O4S. The van der Waals surface area contributed by atoms with Gasteiger partial charge in [0, 0.05) is 24.3 Å². The van der Waals surface area contributed by atoms with Crippen LogP contribution < -0.4 is 14.4 Å². The molecule has 1 aliphatic heterocycles. The minimum Gasteiger partial charge on any atom is -0.497 e. The molecule has 0 spiro atoms. The van der Waals surface area contributed by atoms with Gasteiger partial charge in [-0.15, -0.1) is 0 Å². The molecule has 3 rings (SSSR count). The first kappa shape index (κ1) is 20.2. The highest BCUT2D eigenvalue weighted by atomic mass is 32.2.